The third-order valence-electron chi connectivity index (χ3n) is 4.77. The van der Waals surface area contributed by atoms with Crippen LogP contribution in [0.25, 0.3) is 0 Å². The molecule has 1 aromatic carbocycles. The first kappa shape index (κ1) is 19.4. The zero-order valence-corrected chi connectivity index (χ0v) is 16.3. The molecule has 0 aliphatic carbocycles. The SMILES string of the molecule is COc1cc(C(c2c(O)cc(C)oc2=O)c2c(O)cc(C)oc2=O)cc2c1OCO2. The first-order valence-electron chi connectivity index (χ1n) is 8.95. The Bertz CT molecular complexity index is 1190. The highest BCUT2D eigenvalue weighted by molar-refractivity contribution is 5.60. The zero-order chi connectivity index (χ0) is 21.6. The summed E-state index contributed by atoms with van der Waals surface area (Å²) < 4.78 is 26.5. The number of aromatic hydroxyl groups is 2. The van der Waals surface area contributed by atoms with Gasteiger partial charge < -0.3 is 33.3 Å². The van der Waals surface area contributed by atoms with Gasteiger partial charge in [0.25, 0.3) is 0 Å². The summed E-state index contributed by atoms with van der Waals surface area (Å²) in [7, 11) is 1.42. The molecule has 1 aliphatic rings. The predicted molar refractivity (Wildman–Crippen MR) is 103 cm³/mol. The Morgan fingerprint density at radius 3 is 1.97 bits per heavy atom. The van der Waals surface area contributed by atoms with Crippen molar-refractivity contribution in [2.24, 2.45) is 0 Å². The maximum atomic E-state index is 12.7. The molecular weight excluding hydrogens is 396 g/mol. The van der Waals surface area contributed by atoms with Crippen molar-refractivity contribution in [2.75, 3.05) is 13.9 Å². The minimum atomic E-state index is -1.23. The Hall–Kier alpha value is -3.88. The molecule has 0 atom stereocenters. The van der Waals surface area contributed by atoms with Crippen LogP contribution in [0.15, 0.2) is 42.7 Å². The quantitative estimate of drug-likeness (QED) is 0.662. The highest BCUT2D eigenvalue weighted by Crippen LogP contribution is 2.46. The van der Waals surface area contributed by atoms with E-state index in [1.807, 2.05) is 0 Å². The third-order valence-corrected chi connectivity index (χ3v) is 4.77. The zero-order valence-electron chi connectivity index (χ0n) is 16.3. The molecule has 2 N–H and O–H groups in total. The summed E-state index contributed by atoms with van der Waals surface area (Å²) in [6, 6.07) is 5.56. The van der Waals surface area contributed by atoms with Gasteiger partial charge in [0.15, 0.2) is 11.5 Å². The highest BCUT2D eigenvalue weighted by Gasteiger charge is 2.33. The molecule has 30 heavy (non-hydrogen) atoms. The lowest BCUT2D eigenvalue weighted by Crippen LogP contribution is -2.21. The molecule has 0 amide bonds. The molecule has 0 bridgehead atoms. The van der Waals surface area contributed by atoms with Crippen molar-refractivity contribution in [1.29, 1.82) is 0 Å². The van der Waals surface area contributed by atoms with Crippen LogP contribution in [0, 0.1) is 13.8 Å². The van der Waals surface area contributed by atoms with Crippen molar-refractivity contribution in [3.8, 4) is 28.7 Å². The summed E-state index contributed by atoms with van der Waals surface area (Å²) >= 11 is 0. The van der Waals surface area contributed by atoms with E-state index in [9.17, 15) is 19.8 Å². The molecular formula is C21H18O9. The van der Waals surface area contributed by atoms with Crippen molar-refractivity contribution < 1.29 is 33.3 Å². The van der Waals surface area contributed by atoms with Crippen LogP contribution in [0.5, 0.6) is 28.7 Å². The maximum Gasteiger partial charge on any atom is 0.343 e. The summed E-state index contributed by atoms with van der Waals surface area (Å²) in [4.78, 5) is 25.4. The van der Waals surface area contributed by atoms with Crippen LogP contribution in [0.2, 0.25) is 0 Å². The molecule has 3 aromatic rings. The number of ether oxygens (including phenoxy) is 3. The first-order valence-corrected chi connectivity index (χ1v) is 8.95. The van der Waals surface area contributed by atoms with Crippen LogP contribution in [0.1, 0.15) is 34.1 Å². The molecule has 0 saturated carbocycles. The molecule has 9 nitrogen and oxygen atoms in total. The van der Waals surface area contributed by atoms with Crippen LogP contribution in [0.4, 0.5) is 0 Å². The van der Waals surface area contributed by atoms with E-state index in [0.717, 1.165) is 0 Å². The van der Waals surface area contributed by atoms with E-state index in [2.05, 4.69) is 0 Å². The summed E-state index contributed by atoms with van der Waals surface area (Å²) in [6.07, 6.45) is 0. The molecule has 0 saturated heterocycles. The first-order chi connectivity index (χ1) is 14.3. The monoisotopic (exact) mass is 414 g/mol. The van der Waals surface area contributed by atoms with Gasteiger partial charge in [-0.2, -0.15) is 0 Å². The summed E-state index contributed by atoms with van der Waals surface area (Å²) in [5.74, 6) is -0.692. The average Bonchev–Trinajstić information content (AvgIpc) is 3.13. The Morgan fingerprint density at radius 2 is 1.47 bits per heavy atom. The van der Waals surface area contributed by atoms with Crippen molar-refractivity contribution in [2.45, 2.75) is 19.8 Å². The third kappa shape index (κ3) is 3.14. The fraction of sp³-hybridized carbons (Fsp3) is 0.238. The van der Waals surface area contributed by atoms with Crippen molar-refractivity contribution in [1.82, 2.24) is 0 Å². The van der Waals surface area contributed by atoms with E-state index in [-0.39, 0.29) is 35.2 Å². The van der Waals surface area contributed by atoms with Gasteiger partial charge in [-0.15, -0.1) is 0 Å². The van der Waals surface area contributed by atoms with E-state index < -0.39 is 28.7 Å². The van der Waals surface area contributed by atoms with Gasteiger partial charge in [-0.25, -0.2) is 9.59 Å². The van der Waals surface area contributed by atoms with E-state index in [1.165, 1.54) is 45.2 Å². The molecule has 0 radical (unpaired) electrons. The van der Waals surface area contributed by atoms with Crippen LogP contribution < -0.4 is 25.5 Å². The van der Waals surface area contributed by atoms with E-state index in [0.29, 0.717) is 17.1 Å². The molecule has 156 valence electrons. The lowest BCUT2D eigenvalue weighted by atomic mass is 9.85. The number of fused-ring (bicyclic) bond motifs is 1. The van der Waals surface area contributed by atoms with Gasteiger partial charge in [0.2, 0.25) is 12.5 Å². The number of benzene rings is 1. The second kappa shape index (κ2) is 7.18. The Morgan fingerprint density at radius 1 is 0.900 bits per heavy atom. The molecule has 4 rings (SSSR count). The fourth-order valence-corrected chi connectivity index (χ4v) is 3.54. The molecule has 2 aromatic heterocycles. The Balaban J connectivity index is 2.07. The molecule has 0 spiro atoms. The van der Waals surface area contributed by atoms with Crippen LogP contribution in [-0.2, 0) is 0 Å². The van der Waals surface area contributed by atoms with Crippen molar-refractivity contribution in [3.05, 3.63) is 73.3 Å². The minimum absolute atomic E-state index is 0.0321. The topological polar surface area (TPSA) is 129 Å². The second-order valence-electron chi connectivity index (χ2n) is 6.78. The Labute approximate surface area is 169 Å². The average molecular weight is 414 g/mol. The molecule has 0 fully saturated rings. The summed E-state index contributed by atoms with van der Waals surface area (Å²) in [6.45, 7) is 2.97. The number of rotatable bonds is 4. The lowest BCUT2D eigenvalue weighted by Gasteiger charge is -2.20. The number of aryl methyl sites for hydroxylation is 2. The van der Waals surface area contributed by atoms with Crippen LogP contribution in [-0.4, -0.2) is 24.1 Å². The predicted octanol–water partition coefficient (Wildman–Crippen LogP) is 2.54. The van der Waals surface area contributed by atoms with Crippen LogP contribution in [0.3, 0.4) is 0 Å². The van der Waals surface area contributed by atoms with Gasteiger partial charge in [0, 0.05) is 12.1 Å². The maximum absolute atomic E-state index is 12.7. The van der Waals surface area contributed by atoms with Gasteiger partial charge in [-0.05, 0) is 31.5 Å². The summed E-state index contributed by atoms with van der Waals surface area (Å²) in [5.41, 5.74) is -1.91. The van der Waals surface area contributed by atoms with Gasteiger partial charge in [-0.3, -0.25) is 0 Å². The smallest absolute Gasteiger partial charge is 0.343 e. The second-order valence-corrected chi connectivity index (χ2v) is 6.78. The Kier molecular flexibility index (Phi) is 4.65. The van der Waals surface area contributed by atoms with Gasteiger partial charge >= 0.3 is 11.3 Å². The van der Waals surface area contributed by atoms with Gasteiger partial charge in [0.05, 0.1) is 24.2 Å². The minimum Gasteiger partial charge on any atom is -0.507 e. The molecule has 9 heteroatoms. The van der Waals surface area contributed by atoms with Crippen molar-refractivity contribution in [3.63, 3.8) is 0 Å². The fourth-order valence-electron chi connectivity index (χ4n) is 3.54. The molecule has 3 heterocycles. The summed E-state index contributed by atoms with van der Waals surface area (Å²) in [5, 5.41) is 21.1. The van der Waals surface area contributed by atoms with Gasteiger partial charge in [-0.1, -0.05) is 0 Å². The molecule has 1 aliphatic heterocycles. The number of hydrogen-bond acceptors (Lipinski definition) is 9. The number of methoxy groups -OCH3 is 1. The van der Waals surface area contributed by atoms with Crippen molar-refractivity contribution >= 4 is 0 Å². The largest absolute Gasteiger partial charge is 0.507 e. The van der Waals surface area contributed by atoms with E-state index >= 15 is 0 Å². The van der Waals surface area contributed by atoms with E-state index in [1.54, 1.807) is 0 Å². The van der Waals surface area contributed by atoms with E-state index in [4.69, 9.17) is 23.0 Å². The van der Waals surface area contributed by atoms with Crippen LogP contribution >= 0.6 is 0 Å². The highest BCUT2D eigenvalue weighted by atomic mass is 16.7. The lowest BCUT2D eigenvalue weighted by molar-refractivity contribution is 0.171. The normalized spacial score (nSPS) is 12.4. The number of hydrogen-bond donors (Lipinski definition) is 2. The van der Waals surface area contributed by atoms with Gasteiger partial charge in [0.1, 0.15) is 23.0 Å². The standard InChI is InChI=1S/C21H18O9/c1-9-4-12(22)17(20(24)29-9)16(18-13(23)5-10(2)30-21(18)25)11-6-14(26-3)19-15(7-11)27-8-28-19/h4-7,16,22-23H,8H2,1-3H3. The molecule has 0 unspecified atom stereocenters.